The molecule has 6 nitrogen and oxygen atoms in total. The number of anilines is 1. The summed E-state index contributed by atoms with van der Waals surface area (Å²) in [6.07, 6.45) is 1.65. The number of nitrogens with two attached hydrogens (primary N) is 1. The first-order chi connectivity index (χ1) is 9.00. The number of tetrazole rings is 1. The van der Waals surface area contributed by atoms with Crippen LogP contribution in [-0.2, 0) is 10.8 Å². The lowest BCUT2D eigenvalue weighted by Crippen LogP contribution is -2.16. The van der Waals surface area contributed by atoms with Crippen LogP contribution in [0.4, 0.5) is 5.69 Å². The van der Waals surface area contributed by atoms with Crippen molar-refractivity contribution in [3.63, 3.8) is 0 Å². The molecule has 0 amide bonds. The van der Waals surface area contributed by atoms with Crippen molar-refractivity contribution >= 4 is 28.1 Å². The molecule has 0 bridgehead atoms. The topological polar surface area (TPSA) is 86.7 Å². The molecule has 1 aromatic heterocycles. The molecule has 0 fully saturated rings. The molecule has 8 heteroatoms. The Balaban J connectivity index is 2.44. The quantitative estimate of drug-likeness (QED) is 0.865. The Kier molecular flexibility index (Phi) is 4.16. The van der Waals surface area contributed by atoms with Crippen molar-refractivity contribution in [2.45, 2.75) is 13.0 Å². The predicted octanol–water partition coefficient (Wildman–Crippen LogP) is 1.52. The molecule has 0 aliphatic carbocycles. The van der Waals surface area contributed by atoms with Crippen molar-refractivity contribution in [2.24, 2.45) is 0 Å². The third kappa shape index (κ3) is 2.93. The van der Waals surface area contributed by atoms with Gasteiger partial charge in [0.05, 0.1) is 16.8 Å². The van der Waals surface area contributed by atoms with Crippen LogP contribution in [0, 0.1) is 0 Å². The first-order valence-corrected chi connectivity index (χ1v) is 7.73. The van der Waals surface area contributed by atoms with Crippen LogP contribution in [0.15, 0.2) is 18.2 Å². The normalized spacial score (nSPS) is 14.3. The van der Waals surface area contributed by atoms with Crippen LogP contribution >= 0.6 is 11.6 Å². The van der Waals surface area contributed by atoms with Gasteiger partial charge in [0.2, 0.25) is 0 Å². The van der Waals surface area contributed by atoms with Gasteiger partial charge in [-0.05, 0) is 29.5 Å². The van der Waals surface area contributed by atoms with E-state index < -0.39 is 10.8 Å². The Morgan fingerprint density at radius 3 is 2.95 bits per heavy atom. The number of halogens is 1. The van der Waals surface area contributed by atoms with E-state index in [2.05, 4.69) is 15.5 Å². The third-order valence-corrected chi connectivity index (χ3v) is 3.96. The molecule has 1 heterocycles. The molecule has 0 spiro atoms. The van der Waals surface area contributed by atoms with Gasteiger partial charge < -0.3 is 5.73 Å². The molecule has 2 aromatic rings. The molecule has 2 atom stereocenters. The van der Waals surface area contributed by atoms with Gasteiger partial charge in [-0.2, -0.15) is 0 Å². The van der Waals surface area contributed by atoms with Gasteiger partial charge in [-0.25, -0.2) is 4.68 Å². The molecule has 2 unspecified atom stereocenters. The Morgan fingerprint density at radius 2 is 2.26 bits per heavy atom. The summed E-state index contributed by atoms with van der Waals surface area (Å²) in [6, 6.07) is 5.21. The van der Waals surface area contributed by atoms with Crippen LogP contribution in [0.3, 0.4) is 0 Å². The van der Waals surface area contributed by atoms with Crippen LogP contribution in [0.25, 0.3) is 11.4 Å². The zero-order chi connectivity index (χ0) is 14.0. The molecule has 0 radical (unpaired) electrons. The molecule has 2 rings (SSSR count). The van der Waals surface area contributed by atoms with E-state index >= 15 is 0 Å². The van der Waals surface area contributed by atoms with Gasteiger partial charge in [0.15, 0.2) is 5.82 Å². The van der Waals surface area contributed by atoms with Crippen molar-refractivity contribution in [3.8, 4) is 11.4 Å². The minimum atomic E-state index is -0.928. The second-order valence-electron chi connectivity index (χ2n) is 4.24. The summed E-state index contributed by atoms with van der Waals surface area (Å²) in [6.45, 7) is 1.90. The molecular weight excluding hydrogens is 286 g/mol. The largest absolute Gasteiger partial charge is 0.397 e. The van der Waals surface area contributed by atoms with Gasteiger partial charge >= 0.3 is 0 Å². The lowest BCUT2D eigenvalue weighted by atomic mass is 10.1. The van der Waals surface area contributed by atoms with E-state index in [9.17, 15) is 4.21 Å². The number of hydrogen-bond donors (Lipinski definition) is 1. The summed E-state index contributed by atoms with van der Waals surface area (Å²) in [5.41, 5.74) is 7.05. The van der Waals surface area contributed by atoms with E-state index in [0.29, 0.717) is 27.9 Å². The molecular formula is C11H14ClN5OS. The van der Waals surface area contributed by atoms with Crippen molar-refractivity contribution in [1.29, 1.82) is 0 Å². The lowest BCUT2D eigenvalue weighted by molar-refractivity contribution is 0.521. The average Bonchev–Trinajstić information content (AvgIpc) is 2.80. The van der Waals surface area contributed by atoms with Crippen LogP contribution in [0.1, 0.15) is 13.0 Å². The highest BCUT2D eigenvalue weighted by molar-refractivity contribution is 7.84. The van der Waals surface area contributed by atoms with Crippen molar-refractivity contribution in [1.82, 2.24) is 20.2 Å². The number of nitrogens with zero attached hydrogens (tertiary/aromatic N) is 4. The van der Waals surface area contributed by atoms with Crippen LogP contribution < -0.4 is 5.73 Å². The molecule has 0 aliphatic rings. The van der Waals surface area contributed by atoms with E-state index in [-0.39, 0.29) is 6.04 Å². The standard InChI is InChI=1S/C11H14ClN5OS/c1-7(6-19(2)18)17-11(14-15-16-17)8-4-3-5-9(12)10(8)13/h3-5,7H,6,13H2,1-2H3. The van der Waals surface area contributed by atoms with Gasteiger partial charge in [0.25, 0.3) is 0 Å². The van der Waals surface area contributed by atoms with E-state index in [0.717, 1.165) is 0 Å². The van der Waals surface area contributed by atoms with E-state index in [1.165, 1.54) is 0 Å². The summed E-state index contributed by atoms with van der Waals surface area (Å²) >= 11 is 6.00. The summed E-state index contributed by atoms with van der Waals surface area (Å²) in [5, 5.41) is 12.0. The summed E-state index contributed by atoms with van der Waals surface area (Å²) in [7, 11) is -0.928. The smallest absolute Gasteiger partial charge is 0.184 e. The zero-order valence-corrected chi connectivity index (χ0v) is 12.1. The molecule has 1 aromatic carbocycles. The van der Waals surface area contributed by atoms with E-state index in [1.807, 2.05) is 6.92 Å². The monoisotopic (exact) mass is 299 g/mol. The second kappa shape index (κ2) is 5.66. The van der Waals surface area contributed by atoms with Gasteiger partial charge in [0, 0.05) is 28.4 Å². The number of nitrogen functional groups attached to an aromatic ring is 1. The first-order valence-electron chi connectivity index (χ1n) is 5.63. The minimum Gasteiger partial charge on any atom is -0.397 e. The maximum Gasteiger partial charge on any atom is 0.184 e. The van der Waals surface area contributed by atoms with Gasteiger partial charge in [-0.15, -0.1) is 5.10 Å². The highest BCUT2D eigenvalue weighted by atomic mass is 35.5. The molecule has 0 aliphatic heterocycles. The zero-order valence-electron chi connectivity index (χ0n) is 10.6. The number of aromatic nitrogens is 4. The fraction of sp³-hybridized carbons (Fsp3) is 0.364. The predicted molar refractivity (Wildman–Crippen MR) is 76.3 cm³/mol. The molecule has 2 N–H and O–H groups in total. The van der Waals surface area contributed by atoms with Crippen LogP contribution in [-0.4, -0.2) is 36.4 Å². The van der Waals surface area contributed by atoms with E-state index in [1.54, 1.807) is 29.1 Å². The Morgan fingerprint density at radius 1 is 1.53 bits per heavy atom. The van der Waals surface area contributed by atoms with Gasteiger partial charge in [0.1, 0.15) is 0 Å². The van der Waals surface area contributed by atoms with Crippen LogP contribution in [0.5, 0.6) is 0 Å². The Hall–Kier alpha value is -1.47. The summed E-state index contributed by atoms with van der Waals surface area (Å²) in [5.74, 6) is 0.997. The number of benzene rings is 1. The number of para-hydroxylation sites is 1. The Labute approximate surface area is 118 Å². The van der Waals surface area contributed by atoms with Crippen molar-refractivity contribution in [2.75, 3.05) is 17.7 Å². The fourth-order valence-corrected chi connectivity index (χ4v) is 2.81. The highest BCUT2D eigenvalue weighted by Crippen LogP contribution is 2.30. The molecule has 0 saturated heterocycles. The van der Waals surface area contributed by atoms with Gasteiger partial charge in [-0.3, -0.25) is 4.21 Å². The number of rotatable bonds is 4. The Bertz CT molecular complexity index is 615. The summed E-state index contributed by atoms with van der Waals surface area (Å²) in [4.78, 5) is 0. The maximum atomic E-state index is 11.3. The van der Waals surface area contributed by atoms with E-state index in [4.69, 9.17) is 17.3 Å². The SMILES string of the molecule is CC(CS(C)=O)n1nnnc1-c1cccc(Cl)c1N. The third-order valence-electron chi connectivity index (χ3n) is 2.68. The minimum absolute atomic E-state index is 0.0887. The molecule has 102 valence electrons. The van der Waals surface area contributed by atoms with Crippen LogP contribution in [0.2, 0.25) is 5.02 Å². The fourth-order valence-electron chi connectivity index (χ4n) is 1.81. The number of hydrogen-bond acceptors (Lipinski definition) is 5. The lowest BCUT2D eigenvalue weighted by Gasteiger charge is -2.13. The molecule has 0 saturated carbocycles. The van der Waals surface area contributed by atoms with Crippen molar-refractivity contribution < 1.29 is 4.21 Å². The first kappa shape index (κ1) is 14.0. The van der Waals surface area contributed by atoms with Crippen molar-refractivity contribution in [3.05, 3.63) is 23.2 Å². The van der Waals surface area contributed by atoms with Gasteiger partial charge in [-0.1, -0.05) is 17.7 Å². The molecule has 19 heavy (non-hydrogen) atoms. The maximum absolute atomic E-state index is 11.3. The highest BCUT2D eigenvalue weighted by Gasteiger charge is 2.18. The average molecular weight is 300 g/mol. The summed E-state index contributed by atoms with van der Waals surface area (Å²) < 4.78 is 12.9. The second-order valence-corrected chi connectivity index (χ2v) is 6.12.